The molecule has 0 spiro atoms. The Morgan fingerprint density at radius 1 is 0.945 bits per heavy atom. The predicted octanol–water partition coefficient (Wildman–Crippen LogP) is -2.92. The maximum absolute atomic E-state index is 14.4. The van der Waals surface area contributed by atoms with Gasteiger partial charge in [0.25, 0.3) is 0 Å². The van der Waals surface area contributed by atoms with Gasteiger partial charge < -0.3 is 59.9 Å². The Hall–Kier alpha value is -4.86. The van der Waals surface area contributed by atoms with Crippen LogP contribution in [0.25, 0.3) is 0 Å². The van der Waals surface area contributed by atoms with E-state index in [4.69, 9.17) is 19.9 Å². The van der Waals surface area contributed by atoms with Gasteiger partial charge in [-0.25, -0.2) is 0 Å². The topological polar surface area (TPSA) is 283 Å². The molecule has 7 rings (SSSR count). The van der Waals surface area contributed by atoms with E-state index < -0.39 is 86.7 Å². The summed E-state index contributed by atoms with van der Waals surface area (Å²) in [5.74, 6) is -2.18. The van der Waals surface area contributed by atoms with Gasteiger partial charge in [0, 0.05) is 40.8 Å². The number of anilines is 1. The monoisotopic (exact) mass is 763 g/mol. The van der Waals surface area contributed by atoms with E-state index in [0.29, 0.717) is 23.1 Å². The SMILES string of the molecule is N[C@@H]1NC(=O)[C@@H]2NCN(c3ccccc3Cc3cc4c(c(OC[C@H](O)CC=O)c3O[C@H]3O[C@@H](CO)[C@H](O)[C@@H](O)[C@@H]3O)C(=O)c3cc(CO)ccc3C4=O)[C@H]2N1. The molecule has 18 heteroatoms. The minimum atomic E-state index is -1.90. The van der Waals surface area contributed by atoms with E-state index in [-0.39, 0.29) is 64.7 Å². The Morgan fingerprint density at radius 2 is 1.73 bits per heavy atom. The summed E-state index contributed by atoms with van der Waals surface area (Å²) in [4.78, 5) is 54.5. The lowest BCUT2D eigenvalue weighted by Crippen LogP contribution is -2.70. The second-order valence-corrected chi connectivity index (χ2v) is 13.7. The number of nitrogens with zero attached hydrogens (tertiary/aromatic N) is 1. The van der Waals surface area contributed by atoms with Crippen molar-refractivity contribution in [2.24, 2.45) is 5.73 Å². The highest BCUT2D eigenvalue weighted by Gasteiger charge is 2.47. The van der Waals surface area contributed by atoms with Crippen LogP contribution in [0.1, 0.15) is 55.0 Å². The van der Waals surface area contributed by atoms with Gasteiger partial charge in [0.05, 0.1) is 31.5 Å². The number of carbonyl (C=O) groups is 4. The Balaban J connectivity index is 1.39. The summed E-state index contributed by atoms with van der Waals surface area (Å²) in [5.41, 5.74) is 7.51. The third-order valence-electron chi connectivity index (χ3n) is 10.2. The largest absolute Gasteiger partial charge is 0.486 e. The molecule has 18 nitrogen and oxygen atoms in total. The second kappa shape index (κ2) is 15.7. The first-order valence-electron chi connectivity index (χ1n) is 17.6. The molecule has 11 N–H and O–H groups in total. The van der Waals surface area contributed by atoms with Gasteiger partial charge in [-0.05, 0) is 35.4 Å². The second-order valence-electron chi connectivity index (χ2n) is 13.7. The number of benzene rings is 3. The van der Waals surface area contributed by atoms with Crippen LogP contribution in [0, 0.1) is 0 Å². The summed E-state index contributed by atoms with van der Waals surface area (Å²) in [6.07, 6.45) is -11.3. The number of aldehydes is 1. The summed E-state index contributed by atoms with van der Waals surface area (Å²) in [5, 5.41) is 71.4. The number of nitrogens with two attached hydrogens (primary N) is 1. The molecular weight excluding hydrogens is 722 g/mol. The molecule has 1 aliphatic carbocycles. The number of aliphatic hydroxyl groups is 6. The van der Waals surface area contributed by atoms with E-state index in [2.05, 4.69) is 16.0 Å². The Labute approximate surface area is 313 Å². The summed E-state index contributed by atoms with van der Waals surface area (Å²) in [6, 6.07) is 12.2. The minimum absolute atomic E-state index is 0.0439. The van der Waals surface area contributed by atoms with Crippen molar-refractivity contribution >= 4 is 29.4 Å². The molecule has 3 fully saturated rings. The Morgan fingerprint density at radius 3 is 2.47 bits per heavy atom. The van der Waals surface area contributed by atoms with Crippen molar-refractivity contribution in [3.63, 3.8) is 0 Å². The normalized spacial score (nSPS) is 27.8. The van der Waals surface area contributed by atoms with Crippen LogP contribution in [-0.4, -0.2) is 130 Å². The van der Waals surface area contributed by atoms with Crippen molar-refractivity contribution in [3.05, 3.63) is 87.5 Å². The van der Waals surface area contributed by atoms with E-state index in [1.807, 2.05) is 11.0 Å². The van der Waals surface area contributed by atoms with Gasteiger partial charge in [-0.2, -0.15) is 0 Å². The third kappa shape index (κ3) is 7.09. The minimum Gasteiger partial charge on any atom is -0.486 e. The average molecular weight is 764 g/mol. The van der Waals surface area contributed by atoms with E-state index in [1.54, 1.807) is 18.2 Å². The molecule has 3 aromatic carbocycles. The molecule has 3 saturated heterocycles. The van der Waals surface area contributed by atoms with Crippen LogP contribution in [0.3, 0.4) is 0 Å². The number of para-hydroxylation sites is 1. The maximum Gasteiger partial charge on any atom is 0.242 e. The fraction of sp³-hybridized carbons (Fsp3) is 0.405. The number of amides is 1. The lowest BCUT2D eigenvalue weighted by Gasteiger charge is -2.40. The van der Waals surface area contributed by atoms with Gasteiger partial charge in [-0.1, -0.05) is 24.3 Å². The number of carbonyl (C=O) groups excluding carboxylic acids is 4. The Bertz CT molecular complexity index is 1990. The van der Waals surface area contributed by atoms with E-state index in [0.717, 1.165) is 0 Å². The van der Waals surface area contributed by atoms with Gasteiger partial charge in [0.2, 0.25) is 12.2 Å². The van der Waals surface area contributed by atoms with Crippen LogP contribution in [0.15, 0.2) is 48.5 Å². The van der Waals surface area contributed by atoms with Crippen molar-refractivity contribution in [2.75, 3.05) is 24.8 Å². The molecule has 0 aromatic heterocycles. The molecule has 0 radical (unpaired) electrons. The molecule has 1 amide bonds. The lowest BCUT2D eigenvalue weighted by atomic mass is 9.81. The number of ether oxygens (including phenoxy) is 3. The highest BCUT2D eigenvalue weighted by Crippen LogP contribution is 2.45. The van der Waals surface area contributed by atoms with Crippen molar-refractivity contribution in [3.8, 4) is 11.5 Å². The Kier molecular flexibility index (Phi) is 11.0. The van der Waals surface area contributed by atoms with Crippen LogP contribution in [0.2, 0.25) is 0 Å². The van der Waals surface area contributed by atoms with Crippen LogP contribution in [0.4, 0.5) is 5.69 Å². The molecule has 292 valence electrons. The molecule has 0 saturated carbocycles. The van der Waals surface area contributed by atoms with Crippen LogP contribution in [-0.2, 0) is 27.4 Å². The van der Waals surface area contributed by atoms with Gasteiger partial charge in [0.1, 0.15) is 55.8 Å². The van der Waals surface area contributed by atoms with E-state index in [1.165, 1.54) is 24.3 Å². The molecule has 3 heterocycles. The third-order valence-corrected chi connectivity index (χ3v) is 10.2. The molecule has 0 bridgehead atoms. The van der Waals surface area contributed by atoms with E-state index >= 15 is 0 Å². The fourth-order valence-electron chi connectivity index (χ4n) is 7.35. The molecule has 3 aromatic rings. The van der Waals surface area contributed by atoms with Gasteiger partial charge in [-0.3, -0.25) is 30.8 Å². The zero-order valence-corrected chi connectivity index (χ0v) is 29.2. The molecule has 3 aliphatic heterocycles. The zero-order chi connectivity index (χ0) is 39.1. The van der Waals surface area contributed by atoms with Crippen molar-refractivity contribution in [1.29, 1.82) is 0 Å². The first-order chi connectivity index (χ1) is 26.4. The summed E-state index contributed by atoms with van der Waals surface area (Å²) in [6.45, 7) is -1.51. The number of ketones is 2. The number of hydrogen-bond acceptors (Lipinski definition) is 17. The number of rotatable bonds is 12. The van der Waals surface area contributed by atoms with E-state index in [9.17, 15) is 49.8 Å². The van der Waals surface area contributed by atoms with Gasteiger partial charge in [0.15, 0.2) is 23.1 Å². The number of aliphatic hydroxyl groups excluding tert-OH is 6. The smallest absolute Gasteiger partial charge is 0.242 e. The molecule has 0 unspecified atom stereocenters. The number of nitrogens with one attached hydrogen (secondary N) is 3. The van der Waals surface area contributed by atoms with Crippen LogP contribution >= 0.6 is 0 Å². The maximum atomic E-state index is 14.4. The average Bonchev–Trinajstić information content (AvgIpc) is 3.60. The van der Waals surface area contributed by atoms with Crippen molar-refractivity contribution in [1.82, 2.24) is 16.0 Å². The molecule has 4 aliphatic rings. The summed E-state index contributed by atoms with van der Waals surface area (Å²) in [7, 11) is 0. The van der Waals surface area contributed by atoms with Gasteiger partial charge in [-0.15, -0.1) is 0 Å². The number of fused-ring (bicyclic) bond motifs is 3. The summed E-state index contributed by atoms with van der Waals surface area (Å²) < 4.78 is 18.0. The standard InChI is InChI=1S/C37H41N5O13/c38-37-40-34-26(35(52)41-37)39-15-42(34)23-4-2-1-3-17(23)10-18-11-22-25(28(48)21-9-16(12-44)5-6-20(21)27(22)47)33(53-14-19(46)7-8-43)32(18)55-36-31(51)30(50)29(49)24(13-45)54-36/h1-6,8-9,11,19,24,26,29-31,34,36-37,39-40,44-46,49-51H,7,10,12-15,38H2,(H,41,52)/t19-,24+,26-,29+,30-,31+,34-,36-,37+/m1/s1. The van der Waals surface area contributed by atoms with Gasteiger partial charge >= 0.3 is 0 Å². The fourth-order valence-corrected chi connectivity index (χ4v) is 7.35. The lowest BCUT2D eigenvalue weighted by molar-refractivity contribution is -0.277. The first kappa shape index (κ1) is 38.4. The van der Waals surface area contributed by atoms with Crippen LogP contribution < -0.4 is 36.1 Å². The number of hydrogen-bond donors (Lipinski definition) is 10. The van der Waals surface area contributed by atoms with Crippen molar-refractivity contribution < 1.29 is 64.0 Å². The van der Waals surface area contributed by atoms with Crippen molar-refractivity contribution in [2.45, 2.75) is 74.8 Å². The molecule has 9 atom stereocenters. The quantitative estimate of drug-likeness (QED) is 0.0647. The van der Waals surface area contributed by atoms with Crippen LogP contribution in [0.5, 0.6) is 11.5 Å². The zero-order valence-electron chi connectivity index (χ0n) is 29.2. The highest BCUT2D eigenvalue weighted by molar-refractivity contribution is 6.29. The molecule has 55 heavy (non-hydrogen) atoms. The highest BCUT2D eigenvalue weighted by atomic mass is 16.7. The first-order valence-corrected chi connectivity index (χ1v) is 17.6. The summed E-state index contributed by atoms with van der Waals surface area (Å²) >= 11 is 0. The predicted molar refractivity (Wildman–Crippen MR) is 189 cm³/mol. The molecular formula is C37H41N5O13.